The number of anilines is 2. The van der Waals surface area contributed by atoms with E-state index in [1.54, 1.807) is 0 Å². The molecular formula is C22H31BN10O17P3. The van der Waals surface area contributed by atoms with Gasteiger partial charge in [-0.3, -0.25) is 37.7 Å². The number of aryl methyl sites for hydroxylation is 1. The van der Waals surface area contributed by atoms with Crippen LogP contribution >= 0.6 is 23.1 Å². The highest BCUT2D eigenvalue weighted by molar-refractivity contribution is 7.86. The predicted molar refractivity (Wildman–Crippen MR) is 172 cm³/mol. The highest BCUT2D eigenvalue weighted by Gasteiger charge is 2.50. The zero-order chi connectivity index (χ0) is 38.8. The minimum atomic E-state index is -5.55. The number of fused-ring (bicyclic) bond motifs is 2. The smallest absolute Gasteiger partial charge is 0.442 e. The van der Waals surface area contributed by atoms with Gasteiger partial charge in [0.15, 0.2) is 23.7 Å². The Morgan fingerprint density at radius 2 is 1.53 bits per heavy atom. The number of nitrogens with zero attached hydrogens (tertiary/aromatic N) is 6. The Labute approximate surface area is 295 Å². The third-order valence-electron chi connectivity index (χ3n) is 7.95. The first kappa shape index (κ1) is 39.3. The number of H-pyrrole nitrogens is 2. The van der Waals surface area contributed by atoms with Crippen LogP contribution in [-0.4, -0.2) is 124 Å². The van der Waals surface area contributed by atoms with Crippen molar-refractivity contribution >= 4 is 64.9 Å². The maximum atomic E-state index is 12.7. The van der Waals surface area contributed by atoms with Gasteiger partial charge >= 0.3 is 21.3 Å². The van der Waals surface area contributed by atoms with E-state index in [1.165, 1.54) is 29.6 Å². The second-order valence-electron chi connectivity index (χ2n) is 11.6. The molecule has 2 saturated heterocycles. The molecule has 6 rings (SSSR count). The fourth-order valence-electron chi connectivity index (χ4n) is 5.70. The van der Waals surface area contributed by atoms with Crippen molar-refractivity contribution in [2.75, 3.05) is 31.8 Å². The maximum absolute atomic E-state index is 12.7. The molecule has 2 fully saturated rings. The average Bonchev–Trinajstić information content (AvgIpc) is 3.77. The van der Waals surface area contributed by atoms with Crippen molar-refractivity contribution in [3.63, 3.8) is 0 Å². The average molecular weight is 811 g/mol. The molecule has 0 aliphatic carbocycles. The van der Waals surface area contributed by atoms with Gasteiger partial charge in [0.05, 0.1) is 34.1 Å². The lowest BCUT2D eigenvalue weighted by Gasteiger charge is -2.29. The van der Waals surface area contributed by atoms with Gasteiger partial charge in [-0.1, -0.05) is 4.98 Å². The lowest BCUT2D eigenvalue weighted by molar-refractivity contribution is -0.746. The lowest BCUT2D eigenvalue weighted by atomic mass is 10.1. The number of hydrogen-bond donors (Lipinski definition) is 9. The predicted octanol–water partition coefficient (Wildman–Crippen LogP) is -3.72. The minimum Gasteiger partial charge on any atom is -0.442 e. The number of phosphoric ester groups is 2. The highest BCUT2D eigenvalue weighted by Crippen LogP contribution is 2.67. The number of aliphatic hydroxyl groups excluding tert-OH is 3. The zero-order valence-electron chi connectivity index (χ0n) is 27.1. The molecule has 6 heterocycles. The Hall–Kier alpha value is -3.43. The van der Waals surface area contributed by atoms with Gasteiger partial charge in [0.2, 0.25) is 17.7 Å². The van der Waals surface area contributed by atoms with E-state index in [0.29, 0.717) is 0 Å². The van der Waals surface area contributed by atoms with Gasteiger partial charge in [-0.15, -0.1) is 0 Å². The molecular weight excluding hydrogens is 780 g/mol. The Balaban J connectivity index is 1.06. The molecule has 2 aliphatic heterocycles. The quantitative estimate of drug-likeness (QED) is 0.0356. The fourth-order valence-corrected chi connectivity index (χ4v) is 9.44. The van der Waals surface area contributed by atoms with Crippen LogP contribution < -0.4 is 27.2 Å². The van der Waals surface area contributed by atoms with Crippen LogP contribution in [-0.2, 0) is 52.6 Å². The summed E-state index contributed by atoms with van der Waals surface area (Å²) in [7, 11) is -8.54. The molecule has 53 heavy (non-hydrogen) atoms. The van der Waals surface area contributed by atoms with E-state index < -0.39 is 96.5 Å². The summed E-state index contributed by atoms with van der Waals surface area (Å²) in [5.74, 6) is -0.515. The normalized spacial score (nSPS) is 29.7. The number of methoxy groups -OCH3 is 1. The molecule has 0 bridgehead atoms. The second kappa shape index (κ2) is 14.3. The Bertz CT molecular complexity index is 2300. The van der Waals surface area contributed by atoms with Gasteiger partial charge in [0, 0.05) is 7.11 Å². The number of hydrogen-bond acceptors (Lipinski definition) is 20. The minimum absolute atomic E-state index is 0.0418. The van der Waals surface area contributed by atoms with Gasteiger partial charge in [0.1, 0.15) is 36.6 Å². The summed E-state index contributed by atoms with van der Waals surface area (Å²) in [6.07, 6.45) is -9.44. The van der Waals surface area contributed by atoms with Crippen molar-refractivity contribution in [2.45, 2.75) is 49.1 Å². The Morgan fingerprint density at radius 1 is 0.943 bits per heavy atom. The van der Waals surface area contributed by atoms with Crippen molar-refractivity contribution in [2.24, 2.45) is 7.05 Å². The first-order valence-electron chi connectivity index (χ1n) is 14.8. The number of aromatic nitrogens is 8. The number of nitrogens with two attached hydrogens (primary N) is 2. The van der Waals surface area contributed by atoms with Gasteiger partial charge in [-0.05, 0) is 0 Å². The molecule has 3 unspecified atom stereocenters. The van der Waals surface area contributed by atoms with Crippen LogP contribution in [0.5, 0.6) is 0 Å². The molecule has 2 aliphatic rings. The molecule has 0 amide bonds. The molecule has 0 spiro atoms. The SMILES string of the molecule is [B-]P(=O)(OP(=O)(O)OC[C@H]1O[C@@H](n2cnc3c(=O)[nH]c(N)nc32)[C@H](O)[C@@H]1O)OP(=O)(O)OC[C@H]1O[C@@H]([n+]2cn(C)c3c(=O)[nH]c(N)nc32)[C@H](OC)[C@@H]1O. The van der Waals surface area contributed by atoms with Gasteiger partial charge in [-0.2, -0.15) is 4.98 Å². The Kier molecular flexibility index (Phi) is 10.6. The van der Waals surface area contributed by atoms with Crippen LogP contribution in [0.4, 0.5) is 11.9 Å². The van der Waals surface area contributed by atoms with Crippen molar-refractivity contribution in [1.82, 2.24) is 34.1 Å². The third kappa shape index (κ3) is 7.89. The number of aliphatic hydroxyl groups is 3. The van der Waals surface area contributed by atoms with E-state index in [1.807, 2.05) is 0 Å². The molecule has 31 heteroatoms. The number of rotatable bonds is 13. The number of nitrogens with one attached hydrogen (secondary N) is 2. The van der Waals surface area contributed by atoms with Crippen LogP contribution in [0, 0.1) is 0 Å². The van der Waals surface area contributed by atoms with E-state index in [0.717, 1.165) is 10.9 Å². The second-order valence-corrected chi connectivity index (χ2v) is 16.3. The van der Waals surface area contributed by atoms with Crippen LogP contribution in [0.15, 0.2) is 22.2 Å². The third-order valence-corrected chi connectivity index (χ3v) is 12.4. The molecule has 11 atom stereocenters. The monoisotopic (exact) mass is 811 g/mol. The van der Waals surface area contributed by atoms with E-state index >= 15 is 0 Å². The standard InChI is InChI=1S/C22H30BN10O17P3/c1-31-6-33(16-10(31)18(38)30-22(25)28-16)20-14(44-2)12(35)8(48-20)4-46-53(42,43)50-51(23,39)49-52(40,41)45-3-7-11(34)13(36)19(47-7)32-5-26-9-15(32)27-21(24)29-17(9)37/h5-8,11-14,19-20,34-36H,3-4H2,1-2H3,(H7-,24,25,27,28,29,30,37,38,40,41,42,43)/q-1/p+1/t7-,8-,11-,12-,13-,14-,19-,20-,51?/m1/s1. The maximum Gasteiger partial charge on any atom is 0.476 e. The largest absolute Gasteiger partial charge is 0.476 e. The summed E-state index contributed by atoms with van der Waals surface area (Å²) in [6, 6.07) is 0. The number of aromatic amines is 2. The molecule has 289 valence electrons. The molecule has 4 aromatic heterocycles. The molecule has 11 N–H and O–H groups in total. The summed E-state index contributed by atoms with van der Waals surface area (Å²) < 4.78 is 76.4. The fraction of sp³-hybridized carbons (Fsp3) is 0.545. The van der Waals surface area contributed by atoms with Gasteiger partial charge in [0.25, 0.3) is 17.1 Å². The van der Waals surface area contributed by atoms with Crippen LogP contribution in [0.1, 0.15) is 12.5 Å². The lowest BCUT2D eigenvalue weighted by Crippen LogP contribution is -2.47. The first-order chi connectivity index (χ1) is 24.7. The van der Waals surface area contributed by atoms with E-state index in [2.05, 4.69) is 38.1 Å². The van der Waals surface area contributed by atoms with E-state index in [4.69, 9.17) is 37.8 Å². The molecule has 3 radical (unpaired) electrons. The number of ether oxygens (including phenoxy) is 3. The van der Waals surface area contributed by atoms with Crippen molar-refractivity contribution in [3.05, 3.63) is 33.4 Å². The summed E-state index contributed by atoms with van der Waals surface area (Å²) in [5.41, 5.74) is 9.77. The van der Waals surface area contributed by atoms with Crippen molar-refractivity contribution in [3.8, 4) is 0 Å². The van der Waals surface area contributed by atoms with Crippen molar-refractivity contribution in [1.29, 1.82) is 0 Å². The van der Waals surface area contributed by atoms with Crippen LogP contribution in [0.2, 0.25) is 0 Å². The van der Waals surface area contributed by atoms with E-state index in [-0.39, 0.29) is 34.2 Å². The van der Waals surface area contributed by atoms with Gasteiger partial charge in [-0.25, -0.2) is 27.3 Å². The van der Waals surface area contributed by atoms with Crippen LogP contribution in [0.25, 0.3) is 22.3 Å². The topological polar surface area (TPSA) is 387 Å². The molecule has 27 nitrogen and oxygen atoms in total. The van der Waals surface area contributed by atoms with Crippen molar-refractivity contribution < 1.29 is 75.2 Å². The Morgan fingerprint density at radius 3 is 2.15 bits per heavy atom. The highest BCUT2D eigenvalue weighted by atomic mass is 31.3. The summed E-state index contributed by atoms with van der Waals surface area (Å²) in [4.78, 5) is 61.3. The van der Waals surface area contributed by atoms with Crippen LogP contribution in [0.3, 0.4) is 0 Å². The zero-order valence-corrected chi connectivity index (χ0v) is 29.8. The number of phosphoric acid groups is 2. The number of imidazole rings is 2. The first-order valence-corrected chi connectivity index (χ1v) is 19.4. The number of nitrogen functional groups attached to an aromatic ring is 2. The molecule has 0 aromatic carbocycles. The van der Waals surface area contributed by atoms with Gasteiger partial charge < -0.3 is 62.9 Å². The molecule has 4 aromatic rings. The summed E-state index contributed by atoms with van der Waals surface area (Å²) >= 11 is 0. The molecule has 0 saturated carbocycles. The summed E-state index contributed by atoms with van der Waals surface area (Å²) in [6.45, 7) is -1.97. The van der Waals surface area contributed by atoms with E-state index in [9.17, 15) is 48.4 Å². The summed E-state index contributed by atoms with van der Waals surface area (Å²) in [5, 5.41) is 31.9.